The van der Waals surface area contributed by atoms with Crippen molar-refractivity contribution >= 4 is 59.5 Å². The standard InChI is InChI=1S/C33H54ClN17O6/c1-32(2,3)56-30(53)39-9-12-49(13-10-40-31(54)57-33(4,5)6)28-44-23(34)43-24(46-28)36-7-8-37-25-45-26(38-11-19-55-20-18-52)48-29(47-25)51-16-14-50(15-17-51)27-41-21-35-22-42-27/h21-22,52H,7-20H2,1-6H3,(H,39,53)(H,40,54)(H,36,43,44,46)(H2,37,38,45,47,48). The number of carbonyl (C=O) groups is 2. The summed E-state index contributed by atoms with van der Waals surface area (Å²) in [6.07, 6.45) is 1.80. The number of alkyl carbamates (subject to hydrolysis) is 2. The van der Waals surface area contributed by atoms with Crippen molar-refractivity contribution in [2.45, 2.75) is 52.7 Å². The highest BCUT2D eigenvalue weighted by Crippen LogP contribution is 2.18. The van der Waals surface area contributed by atoms with Gasteiger partial charge in [0.1, 0.15) is 23.9 Å². The van der Waals surface area contributed by atoms with Crippen LogP contribution >= 0.6 is 11.6 Å². The van der Waals surface area contributed by atoms with Gasteiger partial charge >= 0.3 is 12.2 Å². The molecular weight excluding hydrogens is 766 g/mol. The zero-order valence-electron chi connectivity index (χ0n) is 33.3. The van der Waals surface area contributed by atoms with E-state index in [9.17, 15) is 9.59 Å². The molecule has 0 aromatic carbocycles. The monoisotopic (exact) mass is 819 g/mol. The van der Waals surface area contributed by atoms with Crippen molar-refractivity contribution in [2.75, 3.05) is 122 Å². The Bertz CT molecular complexity index is 1660. The molecule has 0 aliphatic carbocycles. The normalized spacial score (nSPS) is 13.1. The minimum Gasteiger partial charge on any atom is -0.444 e. The van der Waals surface area contributed by atoms with Gasteiger partial charge in [-0.25, -0.2) is 24.5 Å². The number of amides is 2. The molecule has 3 aromatic rings. The molecule has 57 heavy (non-hydrogen) atoms. The summed E-state index contributed by atoms with van der Waals surface area (Å²) in [5, 5.41) is 23.9. The van der Waals surface area contributed by atoms with Crippen LogP contribution in [0, 0.1) is 0 Å². The molecule has 2 amide bonds. The van der Waals surface area contributed by atoms with E-state index in [1.165, 1.54) is 12.7 Å². The Balaban J connectivity index is 1.39. The van der Waals surface area contributed by atoms with Crippen LogP contribution in [0.25, 0.3) is 0 Å². The molecule has 0 atom stereocenters. The van der Waals surface area contributed by atoms with Crippen LogP contribution in [0.1, 0.15) is 41.5 Å². The van der Waals surface area contributed by atoms with Crippen LogP contribution in [0.4, 0.5) is 45.3 Å². The molecule has 1 saturated heterocycles. The van der Waals surface area contributed by atoms with Gasteiger partial charge in [-0.1, -0.05) is 0 Å². The smallest absolute Gasteiger partial charge is 0.407 e. The largest absolute Gasteiger partial charge is 0.444 e. The summed E-state index contributed by atoms with van der Waals surface area (Å²) in [5.41, 5.74) is -1.32. The molecule has 314 valence electrons. The van der Waals surface area contributed by atoms with Crippen molar-refractivity contribution < 1.29 is 28.9 Å². The van der Waals surface area contributed by atoms with Crippen LogP contribution in [-0.2, 0) is 14.2 Å². The van der Waals surface area contributed by atoms with Gasteiger partial charge in [0.15, 0.2) is 0 Å². The number of nitrogens with zero attached hydrogens (tertiary/aromatic N) is 12. The number of aliphatic hydroxyl groups is 1. The van der Waals surface area contributed by atoms with E-state index in [4.69, 9.17) is 30.9 Å². The molecule has 0 radical (unpaired) electrons. The summed E-state index contributed by atoms with van der Waals surface area (Å²) < 4.78 is 16.1. The van der Waals surface area contributed by atoms with Gasteiger partial charge in [0.05, 0.1) is 19.8 Å². The zero-order chi connectivity index (χ0) is 41.3. The van der Waals surface area contributed by atoms with E-state index in [1.807, 2.05) is 0 Å². The first-order valence-electron chi connectivity index (χ1n) is 18.6. The van der Waals surface area contributed by atoms with Gasteiger partial charge in [-0.15, -0.1) is 0 Å². The number of aliphatic hydroxyl groups excluding tert-OH is 1. The quantitative estimate of drug-likeness (QED) is 0.0869. The van der Waals surface area contributed by atoms with Crippen molar-refractivity contribution in [3.63, 3.8) is 0 Å². The van der Waals surface area contributed by atoms with Crippen molar-refractivity contribution in [3.05, 3.63) is 17.9 Å². The Morgan fingerprint density at radius 1 is 0.702 bits per heavy atom. The van der Waals surface area contributed by atoms with E-state index >= 15 is 0 Å². The molecule has 0 unspecified atom stereocenters. The van der Waals surface area contributed by atoms with Gasteiger partial charge < -0.3 is 60.6 Å². The fourth-order valence-electron chi connectivity index (χ4n) is 5.00. The number of rotatable bonds is 20. The highest BCUT2D eigenvalue weighted by molar-refractivity contribution is 6.28. The van der Waals surface area contributed by atoms with Gasteiger partial charge in [0.2, 0.25) is 41.0 Å². The maximum Gasteiger partial charge on any atom is 0.407 e. The lowest BCUT2D eigenvalue weighted by Crippen LogP contribution is -2.47. The minimum absolute atomic E-state index is 0.0583. The molecule has 23 nitrogen and oxygen atoms in total. The number of anilines is 6. The van der Waals surface area contributed by atoms with E-state index in [2.05, 4.69) is 81.2 Å². The summed E-state index contributed by atoms with van der Waals surface area (Å²) in [6, 6.07) is 0. The predicted octanol–water partition coefficient (Wildman–Crippen LogP) is 1.02. The summed E-state index contributed by atoms with van der Waals surface area (Å²) in [4.78, 5) is 69.8. The minimum atomic E-state index is -0.660. The molecule has 0 saturated carbocycles. The zero-order valence-corrected chi connectivity index (χ0v) is 34.0. The Morgan fingerprint density at radius 2 is 1.21 bits per heavy atom. The van der Waals surface area contributed by atoms with Crippen LogP contribution in [-0.4, -0.2) is 165 Å². The van der Waals surface area contributed by atoms with Crippen LogP contribution in [0.5, 0.6) is 0 Å². The number of aromatic nitrogens is 9. The third-order valence-electron chi connectivity index (χ3n) is 7.38. The number of nitrogens with one attached hydrogen (secondary N) is 5. The van der Waals surface area contributed by atoms with Gasteiger partial charge in [0.25, 0.3) is 0 Å². The molecule has 1 aliphatic heterocycles. The second-order valence-corrected chi connectivity index (χ2v) is 14.7. The lowest BCUT2D eigenvalue weighted by atomic mass is 10.2. The lowest BCUT2D eigenvalue weighted by molar-refractivity contribution is 0.0520. The summed E-state index contributed by atoms with van der Waals surface area (Å²) in [5.74, 6) is 2.24. The van der Waals surface area contributed by atoms with Crippen molar-refractivity contribution in [1.29, 1.82) is 0 Å². The van der Waals surface area contributed by atoms with Gasteiger partial charge in [-0.05, 0) is 53.1 Å². The highest BCUT2D eigenvalue weighted by atomic mass is 35.5. The van der Waals surface area contributed by atoms with Gasteiger partial charge in [-0.2, -0.15) is 29.9 Å². The van der Waals surface area contributed by atoms with Crippen molar-refractivity contribution in [2.24, 2.45) is 0 Å². The lowest BCUT2D eigenvalue weighted by Gasteiger charge is -2.34. The molecule has 24 heteroatoms. The molecule has 0 bridgehead atoms. The topological polar surface area (TPSA) is 268 Å². The first-order valence-corrected chi connectivity index (χ1v) is 18.9. The van der Waals surface area contributed by atoms with Crippen LogP contribution in [0.3, 0.4) is 0 Å². The van der Waals surface area contributed by atoms with Crippen LogP contribution < -0.4 is 41.3 Å². The SMILES string of the molecule is CC(C)(C)OC(=O)NCCN(CCNC(=O)OC(C)(C)C)c1nc(Cl)nc(NCCNc2nc(NCCOCCO)nc(N3CCN(c4ncncn4)CC3)n2)n1. The number of ether oxygens (including phenoxy) is 3. The number of halogens is 1. The van der Waals surface area contributed by atoms with E-state index in [0.717, 1.165) is 0 Å². The molecule has 0 spiro atoms. The Morgan fingerprint density at radius 3 is 1.74 bits per heavy atom. The molecule has 4 heterocycles. The van der Waals surface area contributed by atoms with Crippen LogP contribution in [0.2, 0.25) is 5.28 Å². The molecular formula is C33H54ClN17O6. The summed E-state index contributed by atoms with van der Waals surface area (Å²) >= 11 is 6.34. The first kappa shape index (κ1) is 44.3. The van der Waals surface area contributed by atoms with E-state index in [1.54, 1.807) is 46.4 Å². The van der Waals surface area contributed by atoms with Gasteiger partial charge in [-0.3, -0.25) is 0 Å². The Labute approximate surface area is 336 Å². The molecule has 1 fully saturated rings. The third kappa shape index (κ3) is 16.7. The molecule has 3 aromatic heterocycles. The average molecular weight is 820 g/mol. The first-order chi connectivity index (χ1) is 27.2. The fraction of sp³-hybridized carbons (Fsp3) is 0.667. The highest BCUT2D eigenvalue weighted by Gasteiger charge is 2.23. The van der Waals surface area contributed by atoms with E-state index < -0.39 is 23.4 Å². The van der Waals surface area contributed by atoms with E-state index in [-0.39, 0.29) is 56.6 Å². The third-order valence-corrected chi connectivity index (χ3v) is 7.55. The number of piperazine rings is 1. The number of carbonyl (C=O) groups excluding carboxylic acids is 2. The maximum absolute atomic E-state index is 12.3. The predicted molar refractivity (Wildman–Crippen MR) is 213 cm³/mol. The molecule has 6 N–H and O–H groups in total. The Kier molecular flexibility index (Phi) is 16.9. The fourth-order valence-corrected chi connectivity index (χ4v) is 5.16. The maximum atomic E-state index is 12.3. The average Bonchev–Trinajstić information content (AvgIpc) is 3.14. The number of hydrogen-bond acceptors (Lipinski definition) is 21. The second-order valence-electron chi connectivity index (χ2n) is 14.4. The molecule has 1 aliphatic rings. The van der Waals surface area contributed by atoms with Crippen molar-refractivity contribution in [3.8, 4) is 0 Å². The Hall–Kier alpha value is -5.42. The summed E-state index contributed by atoms with van der Waals surface area (Å²) in [7, 11) is 0. The molecule has 4 rings (SSSR count). The van der Waals surface area contributed by atoms with E-state index in [0.29, 0.717) is 76.2 Å². The van der Waals surface area contributed by atoms with Crippen LogP contribution in [0.15, 0.2) is 12.7 Å². The number of hydrogen-bond donors (Lipinski definition) is 6. The van der Waals surface area contributed by atoms with Gasteiger partial charge in [0, 0.05) is 72.0 Å². The second kappa shape index (κ2) is 21.8. The summed E-state index contributed by atoms with van der Waals surface area (Å²) in [6.45, 7) is 15.8. The van der Waals surface area contributed by atoms with Crippen molar-refractivity contribution in [1.82, 2.24) is 55.5 Å².